The highest BCUT2D eigenvalue weighted by Crippen LogP contribution is 2.24. The van der Waals surface area contributed by atoms with Gasteiger partial charge in [0.1, 0.15) is 0 Å². The lowest BCUT2D eigenvalue weighted by Gasteiger charge is -2.27. The molecule has 0 bridgehead atoms. The topological polar surface area (TPSA) is 79.0 Å². The van der Waals surface area contributed by atoms with E-state index in [4.69, 9.17) is 4.74 Å². The largest absolute Gasteiger partial charge is 0.379 e. The second kappa shape index (κ2) is 9.58. The summed E-state index contributed by atoms with van der Waals surface area (Å²) in [6, 6.07) is 5.44. The van der Waals surface area contributed by atoms with Crippen molar-refractivity contribution in [2.24, 2.45) is 0 Å². The van der Waals surface area contributed by atoms with E-state index in [0.717, 1.165) is 24.5 Å². The monoisotopic (exact) mass is 427 g/mol. The van der Waals surface area contributed by atoms with E-state index < -0.39 is 10.0 Å². The second-order valence-electron chi connectivity index (χ2n) is 7.27. The Morgan fingerprint density at radius 2 is 2.00 bits per heavy atom. The summed E-state index contributed by atoms with van der Waals surface area (Å²) in [6.07, 6.45) is 1.07. The van der Waals surface area contributed by atoms with Crippen molar-refractivity contribution in [1.29, 1.82) is 0 Å². The van der Waals surface area contributed by atoms with Crippen LogP contribution in [0.3, 0.4) is 0 Å². The van der Waals surface area contributed by atoms with E-state index in [1.54, 1.807) is 25.1 Å². The Labute approximate surface area is 171 Å². The summed E-state index contributed by atoms with van der Waals surface area (Å²) >= 11 is 1.92. The van der Waals surface area contributed by atoms with Gasteiger partial charge in [-0.25, -0.2) is 8.42 Å². The highest BCUT2D eigenvalue weighted by molar-refractivity contribution is 7.99. The molecule has 2 aliphatic rings. The highest BCUT2D eigenvalue weighted by Gasteiger charge is 2.28. The van der Waals surface area contributed by atoms with Crippen LogP contribution in [0.25, 0.3) is 0 Å². The van der Waals surface area contributed by atoms with Crippen molar-refractivity contribution in [2.45, 2.75) is 31.2 Å². The highest BCUT2D eigenvalue weighted by atomic mass is 32.2. The molecular weight excluding hydrogens is 398 g/mol. The van der Waals surface area contributed by atoms with Crippen molar-refractivity contribution in [3.63, 3.8) is 0 Å². The molecule has 3 rings (SSSR count). The van der Waals surface area contributed by atoms with E-state index in [1.807, 2.05) is 11.8 Å². The number of morpholine rings is 1. The van der Waals surface area contributed by atoms with Gasteiger partial charge < -0.3 is 10.1 Å². The number of hydrogen-bond acceptors (Lipinski definition) is 6. The van der Waals surface area contributed by atoms with Crippen LogP contribution >= 0.6 is 11.8 Å². The molecule has 2 fully saturated rings. The predicted octanol–water partition coefficient (Wildman–Crippen LogP) is 1.78. The summed E-state index contributed by atoms with van der Waals surface area (Å²) in [5.41, 5.74) is 1.18. The quantitative estimate of drug-likeness (QED) is 0.772. The molecule has 1 N–H and O–H groups in total. The van der Waals surface area contributed by atoms with Crippen LogP contribution in [0.1, 0.15) is 18.9 Å². The zero-order valence-electron chi connectivity index (χ0n) is 16.5. The first-order chi connectivity index (χ1) is 13.4. The lowest BCUT2D eigenvalue weighted by molar-refractivity contribution is -0.117. The maximum absolute atomic E-state index is 13.0. The van der Waals surface area contributed by atoms with Gasteiger partial charge in [0.25, 0.3) is 0 Å². The van der Waals surface area contributed by atoms with Gasteiger partial charge in [-0.15, -0.1) is 0 Å². The van der Waals surface area contributed by atoms with E-state index in [0.29, 0.717) is 50.1 Å². The first-order valence-electron chi connectivity index (χ1n) is 9.68. The maximum atomic E-state index is 13.0. The molecule has 1 aromatic carbocycles. The molecule has 0 aromatic heterocycles. The lowest BCUT2D eigenvalue weighted by Crippen LogP contribution is -2.41. The zero-order valence-corrected chi connectivity index (χ0v) is 18.2. The van der Waals surface area contributed by atoms with Gasteiger partial charge in [0.2, 0.25) is 15.9 Å². The minimum Gasteiger partial charge on any atom is -0.379 e. The number of benzene rings is 1. The van der Waals surface area contributed by atoms with Crippen molar-refractivity contribution < 1.29 is 17.9 Å². The summed E-state index contributed by atoms with van der Waals surface area (Å²) in [5.74, 6) is 2.04. The molecule has 9 heteroatoms. The summed E-state index contributed by atoms with van der Waals surface area (Å²) in [5, 5.41) is 2.88. The van der Waals surface area contributed by atoms with Crippen molar-refractivity contribution in [1.82, 2.24) is 9.21 Å². The average Bonchev–Trinajstić information content (AvgIpc) is 2.88. The number of rotatable bonds is 5. The summed E-state index contributed by atoms with van der Waals surface area (Å²) in [4.78, 5) is 15.0. The third-order valence-corrected chi connectivity index (χ3v) is 8.27. The van der Waals surface area contributed by atoms with Crippen LogP contribution in [0.2, 0.25) is 0 Å². The molecule has 1 aromatic rings. The molecule has 28 heavy (non-hydrogen) atoms. The normalized spacial score (nSPS) is 22.6. The molecule has 0 spiro atoms. The fraction of sp³-hybridized carbons (Fsp3) is 0.632. The Balaban J connectivity index is 1.71. The first-order valence-corrected chi connectivity index (χ1v) is 12.3. The predicted molar refractivity (Wildman–Crippen MR) is 112 cm³/mol. The minimum atomic E-state index is -3.60. The van der Waals surface area contributed by atoms with Gasteiger partial charge in [-0.1, -0.05) is 6.07 Å². The molecule has 156 valence electrons. The summed E-state index contributed by atoms with van der Waals surface area (Å²) in [7, 11) is -3.60. The number of carbonyl (C=O) groups excluding carboxylic acids is 1. The SMILES string of the molecule is Cc1ccc(NC(=O)CN2CCSCCC2C)cc1S(=O)(=O)N1CCOCC1. The van der Waals surface area contributed by atoms with Gasteiger partial charge in [0.05, 0.1) is 24.7 Å². The van der Waals surface area contributed by atoms with Crippen LogP contribution in [0.4, 0.5) is 5.69 Å². The number of amides is 1. The van der Waals surface area contributed by atoms with Gasteiger partial charge in [-0.3, -0.25) is 9.69 Å². The van der Waals surface area contributed by atoms with Crippen LogP contribution < -0.4 is 5.32 Å². The Morgan fingerprint density at radius 3 is 2.75 bits per heavy atom. The Hall–Kier alpha value is -1.13. The number of sulfonamides is 1. The molecular formula is C19H29N3O4S2. The smallest absolute Gasteiger partial charge is 0.243 e. The molecule has 2 aliphatic heterocycles. The number of anilines is 1. The van der Waals surface area contributed by atoms with Gasteiger partial charge >= 0.3 is 0 Å². The third kappa shape index (κ3) is 5.27. The molecule has 0 radical (unpaired) electrons. The number of nitrogens with one attached hydrogen (secondary N) is 1. The summed E-state index contributed by atoms with van der Waals surface area (Å²) in [6.45, 7) is 6.65. The lowest BCUT2D eigenvalue weighted by atomic mass is 10.2. The number of hydrogen-bond donors (Lipinski definition) is 1. The van der Waals surface area contributed by atoms with E-state index in [1.165, 1.54) is 4.31 Å². The second-order valence-corrected chi connectivity index (χ2v) is 10.4. The number of nitrogens with zero attached hydrogens (tertiary/aromatic N) is 2. The van der Waals surface area contributed by atoms with Crippen molar-refractivity contribution in [3.8, 4) is 0 Å². The number of ether oxygens (including phenoxy) is 1. The van der Waals surface area contributed by atoms with Gasteiger partial charge in [-0.2, -0.15) is 16.1 Å². The van der Waals surface area contributed by atoms with Crippen molar-refractivity contribution >= 4 is 33.4 Å². The van der Waals surface area contributed by atoms with E-state index in [-0.39, 0.29) is 10.8 Å². The Kier molecular flexibility index (Phi) is 7.38. The standard InChI is InChI=1S/C19H29N3O4S2/c1-15-3-4-17(13-18(15)28(24,25)22-6-9-26-10-7-22)20-19(23)14-21-8-12-27-11-5-16(21)2/h3-4,13,16H,5-12,14H2,1-2H3,(H,20,23). The van der Waals surface area contributed by atoms with Crippen molar-refractivity contribution in [2.75, 3.05) is 56.2 Å². The molecule has 1 amide bonds. The van der Waals surface area contributed by atoms with Gasteiger partial charge in [0, 0.05) is 37.1 Å². The number of carbonyl (C=O) groups is 1. The molecule has 2 saturated heterocycles. The molecule has 1 atom stereocenters. The third-order valence-electron chi connectivity index (χ3n) is 5.23. The van der Waals surface area contributed by atoms with Crippen LogP contribution in [-0.2, 0) is 19.6 Å². The van der Waals surface area contributed by atoms with E-state index in [2.05, 4.69) is 17.1 Å². The fourth-order valence-electron chi connectivity index (χ4n) is 3.44. The van der Waals surface area contributed by atoms with Crippen LogP contribution in [0, 0.1) is 6.92 Å². The van der Waals surface area contributed by atoms with Gasteiger partial charge in [0.15, 0.2) is 0 Å². The Bertz CT molecular complexity index is 794. The van der Waals surface area contributed by atoms with E-state index in [9.17, 15) is 13.2 Å². The Morgan fingerprint density at radius 1 is 1.25 bits per heavy atom. The molecule has 7 nitrogen and oxygen atoms in total. The number of thioether (sulfide) groups is 1. The summed E-state index contributed by atoms with van der Waals surface area (Å²) < 4.78 is 32.7. The minimum absolute atomic E-state index is 0.114. The molecule has 0 saturated carbocycles. The van der Waals surface area contributed by atoms with Crippen LogP contribution in [0.5, 0.6) is 0 Å². The van der Waals surface area contributed by atoms with Crippen LogP contribution in [-0.4, -0.2) is 80.5 Å². The fourth-order valence-corrected chi connectivity index (χ4v) is 6.18. The molecule has 0 aliphatic carbocycles. The molecule has 1 unspecified atom stereocenters. The first kappa shape index (κ1) is 21.6. The number of aryl methyl sites for hydroxylation is 1. The zero-order chi connectivity index (χ0) is 20.1. The molecule has 2 heterocycles. The maximum Gasteiger partial charge on any atom is 0.243 e. The van der Waals surface area contributed by atoms with Crippen LogP contribution in [0.15, 0.2) is 23.1 Å². The van der Waals surface area contributed by atoms with Crippen molar-refractivity contribution in [3.05, 3.63) is 23.8 Å². The average molecular weight is 428 g/mol. The van der Waals surface area contributed by atoms with Gasteiger partial charge in [-0.05, 0) is 43.7 Å². The van der Waals surface area contributed by atoms with E-state index >= 15 is 0 Å².